The Balaban J connectivity index is 1.34. The highest BCUT2D eigenvalue weighted by Gasteiger charge is 2.22. The van der Waals surface area contributed by atoms with Crippen LogP contribution in [0.1, 0.15) is 11.3 Å². The molecule has 4 aromatic rings. The third-order valence-corrected chi connectivity index (χ3v) is 7.50. The van der Waals surface area contributed by atoms with Crippen LogP contribution in [-0.4, -0.2) is 70.6 Å². The maximum absolute atomic E-state index is 15.0. The summed E-state index contributed by atoms with van der Waals surface area (Å²) in [6.07, 6.45) is 3.07. The Labute approximate surface area is 190 Å². The highest BCUT2D eigenvalue weighted by atomic mass is 32.2. The quantitative estimate of drug-likeness (QED) is 0.459. The van der Waals surface area contributed by atoms with Gasteiger partial charge in [0.2, 0.25) is 5.88 Å². The second kappa shape index (κ2) is 8.31. The molecule has 1 fully saturated rings. The number of aryl methyl sites for hydroxylation is 2. The molecule has 1 aliphatic rings. The lowest BCUT2D eigenvalue weighted by molar-refractivity contribution is 0.219. The summed E-state index contributed by atoms with van der Waals surface area (Å²) in [5, 5.41) is 4.68. The van der Waals surface area contributed by atoms with E-state index in [0.29, 0.717) is 48.4 Å². The molecule has 1 N–H and O–H groups in total. The van der Waals surface area contributed by atoms with Gasteiger partial charge in [-0.2, -0.15) is 10.1 Å². The fourth-order valence-corrected chi connectivity index (χ4v) is 5.33. The largest absolute Gasteiger partial charge is 0.490 e. The Morgan fingerprint density at radius 1 is 1.18 bits per heavy atom. The molecular weight excluding hydrogens is 449 g/mol. The number of aromatic amines is 1. The van der Waals surface area contributed by atoms with Gasteiger partial charge in [-0.15, -0.1) is 0 Å². The van der Waals surface area contributed by atoms with E-state index in [1.54, 1.807) is 28.9 Å². The molecule has 33 heavy (non-hydrogen) atoms. The van der Waals surface area contributed by atoms with E-state index in [9.17, 15) is 8.42 Å². The number of rotatable bonds is 6. The highest BCUT2D eigenvalue weighted by Crippen LogP contribution is 2.34. The molecule has 0 atom stereocenters. The first kappa shape index (κ1) is 21.7. The van der Waals surface area contributed by atoms with Crippen molar-refractivity contribution in [1.82, 2.24) is 24.5 Å². The van der Waals surface area contributed by atoms with Gasteiger partial charge in [0, 0.05) is 41.8 Å². The number of ether oxygens (including phenoxy) is 2. The average molecular weight is 474 g/mol. The van der Waals surface area contributed by atoms with Crippen molar-refractivity contribution in [3.63, 3.8) is 0 Å². The third-order valence-electron chi connectivity index (χ3n) is 5.89. The number of benzene rings is 1. The molecule has 1 aliphatic heterocycles. The lowest BCUT2D eigenvalue weighted by Crippen LogP contribution is -2.42. The summed E-state index contributed by atoms with van der Waals surface area (Å²) in [7, 11) is -2.91. The van der Waals surface area contributed by atoms with Crippen molar-refractivity contribution < 1.29 is 22.3 Å². The zero-order chi connectivity index (χ0) is 23.2. The maximum atomic E-state index is 15.0. The minimum atomic E-state index is -2.91. The van der Waals surface area contributed by atoms with Crippen molar-refractivity contribution in [1.29, 1.82) is 0 Å². The standard InChI is InChI=1S/C22H24FN5O4S/c1-14-11-16-17(26-14)3-4-18(20(16)23)32-22-21-15(2)19(12-28(21)25-13-24-22)31-8-5-27-6-9-33(29,30)10-7-27/h3-4,11-13,26H,5-10H2,1-2H3. The zero-order valence-electron chi connectivity index (χ0n) is 18.3. The molecule has 1 saturated heterocycles. The van der Waals surface area contributed by atoms with E-state index in [0.717, 1.165) is 11.3 Å². The zero-order valence-corrected chi connectivity index (χ0v) is 19.2. The molecule has 0 radical (unpaired) electrons. The summed E-state index contributed by atoms with van der Waals surface area (Å²) in [4.78, 5) is 9.40. The number of sulfone groups is 1. The van der Waals surface area contributed by atoms with Gasteiger partial charge in [-0.1, -0.05) is 0 Å². The number of nitrogens with zero attached hydrogens (tertiary/aromatic N) is 4. The van der Waals surface area contributed by atoms with Crippen LogP contribution < -0.4 is 9.47 Å². The van der Waals surface area contributed by atoms with Crippen LogP contribution in [0.4, 0.5) is 4.39 Å². The van der Waals surface area contributed by atoms with Crippen LogP contribution in [0.5, 0.6) is 17.4 Å². The molecule has 0 unspecified atom stereocenters. The van der Waals surface area contributed by atoms with Gasteiger partial charge in [0.1, 0.15) is 24.2 Å². The van der Waals surface area contributed by atoms with Gasteiger partial charge in [-0.05, 0) is 32.0 Å². The predicted octanol–water partition coefficient (Wildman–Crippen LogP) is 2.87. The van der Waals surface area contributed by atoms with Gasteiger partial charge < -0.3 is 14.5 Å². The van der Waals surface area contributed by atoms with Crippen LogP contribution in [0.2, 0.25) is 0 Å². The van der Waals surface area contributed by atoms with Crippen LogP contribution in [0, 0.1) is 19.7 Å². The van der Waals surface area contributed by atoms with Crippen molar-refractivity contribution in [2.45, 2.75) is 13.8 Å². The maximum Gasteiger partial charge on any atom is 0.247 e. The first-order chi connectivity index (χ1) is 15.8. The molecule has 3 aromatic heterocycles. The van der Waals surface area contributed by atoms with Gasteiger partial charge in [0.25, 0.3) is 0 Å². The number of fused-ring (bicyclic) bond motifs is 2. The Morgan fingerprint density at radius 2 is 1.97 bits per heavy atom. The van der Waals surface area contributed by atoms with E-state index in [1.807, 2.05) is 13.8 Å². The van der Waals surface area contributed by atoms with Crippen molar-refractivity contribution in [2.24, 2.45) is 0 Å². The van der Waals surface area contributed by atoms with Crippen molar-refractivity contribution >= 4 is 26.3 Å². The van der Waals surface area contributed by atoms with E-state index in [4.69, 9.17) is 9.47 Å². The molecule has 0 amide bonds. The van der Waals surface area contributed by atoms with E-state index in [2.05, 4.69) is 20.0 Å². The fourth-order valence-electron chi connectivity index (χ4n) is 4.06. The van der Waals surface area contributed by atoms with Crippen LogP contribution >= 0.6 is 0 Å². The minimum absolute atomic E-state index is 0.0743. The van der Waals surface area contributed by atoms with Gasteiger partial charge in [0.05, 0.1) is 17.7 Å². The number of hydrogen-bond acceptors (Lipinski definition) is 7. The average Bonchev–Trinajstić information content (AvgIpc) is 3.32. The van der Waals surface area contributed by atoms with E-state index in [-0.39, 0.29) is 23.1 Å². The summed E-state index contributed by atoms with van der Waals surface area (Å²) >= 11 is 0. The van der Waals surface area contributed by atoms with Crippen molar-refractivity contribution in [3.05, 3.63) is 47.8 Å². The van der Waals surface area contributed by atoms with E-state index >= 15 is 4.39 Å². The molecule has 4 heterocycles. The molecule has 11 heteroatoms. The Hall–Kier alpha value is -3.18. The molecule has 0 spiro atoms. The van der Waals surface area contributed by atoms with Crippen LogP contribution in [0.15, 0.2) is 30.7 Å². The van der Waals surface area contributed by atoms with Gasteiger partial charge in [0.15, 0.2) is 21.4 Å². The number of halogens is 1. The molecular formula is C22H24FN5O4S. The lowest BCUT2D eigenvalue weighted by atomic mass is 10.2. The first-order valence-electron chi connectivity index (χ1n) is 10.6. The summed E-state index contributed by atoms with van der Waals surface area (Å²) < 4.78 is 51.6. The topological polar surface area (TPSA) is 102 Å². The smallest absolute Gasteiger partial charge is 0.247 e. The normalized spacial score (nSPS) is 16.5. The number of nitrogens with one attached hydrogen (secondary N) is 1. The minimum Gasteiger partial charge on any atom is -0.490 e. The van der Waals surface area contributed by atoms with Gasteiger partial charge in [-0.3, -0.25) is 4.90 Å². The van der Waals surface area contributed by atoms with Crippen LogP contribution in [0.3, 0.4) is 0 Å². The summed E-state index contributed by atoms with van der Waals surface area (Å²) in [6, 6.07) is 5.07. The van der Waals surface area contributed by atoms with E-state index < -0.39 is 15.7 Å². The first-order valence-corrected chi connectivity index (χ1v) is 12.5. The van der Waals surface area contributed by atoms with Gasteiger partial charge in [-0.25, -0.2) is 17.3 Å². The van der Waals surface area contributed by atoms with Crippen LogP contribution in [0.25, 0.3) is 16.4 Å². The van der Waals surface area contributed by atoms with Crippen molar-refractivity contribution in [3.8, 4) is 17.4 Å². The Kier molecular flexibility index (Phi) is 5.45. The molecule has 0 saturated carbocycles. The fraction of sp³-hybridized carbons (Fsp3) is 0.364. The Morgan fingerprint density at radius 3 is 2.76 bits per heavy atom. The summed E-state index contributed by atoms with van der Waals surface area (Å²) in [6.45, 7) is 5.79. The third kappa shape index (κ3) is 4.25. The SMILES string of the molecule is Cc1cc2c(F)c(Oc3ncnn4cc(OCCN5CCS(=O)(=O)CC5)c(C)c34)ccc2[nH]1. The monoisotopic (exact) mass is 473 g/mol. The molecule has 9 nitrogen and oxygen atoms in total. The molecule has 0 aliphatic carbocycles. The second-order valence-electron chi connectivity index (χ2n) is 8.21. The number of hydrogen-bond donors (Lipinski definition) is 1. The molecule has 0 bridgehead atoms. The summed E-state index contributed by atoms with van der Waals surface area (Å²) in [5.41, 5.74) is 2.92. The summed E-state index contributed by atoms with van der Waals surface area (Å²) in [5.74, 6) is 0.820. The Bertz CT molecular complexity index is 1430. The van der Waals surface area contributed by atoms with Crippen LogP contribution in [-0.2, 0) is 9.84 Å². The predicted molar refractivity (Wildman–Crippen MR) is 121 cm³/mol. The number of aromatic nitrogens is 4. The van der Waals surface area contributed by atoms with Gasteiger partial charge >= 0.3 is 0 Å². The van der Waals surface area contributed by atoms with E-state index in [1.165, 1.54) is 6.33 Å². The molecule has 1 aromatic carbocycles. The van der Waals surface area contributed by atoms with Crippen molar-refractivity contribution in [2.75, 3.05) is 37.7 Å². The highest BCUT2D eigenvalue weighted by molar-refractivity contribution is 7.91. The second-order valence-corrected chi connectivity index (χ2v) is 10.5. The number of H-pyrrole nitrogens is 1. The molecule has 174 valence electrons. The lowest BCUT2D eigenvalue weighted by Gasteiger charge is -2.26. The molecule has 5 rings (SSSR count).